The van der Waals surface area contributed by atoms with Gasteiger partial charge in [0.1, 0.15) is 0 Å². The predicted molar refractivity (Wildman–Crippen MR) is 106 cm³/mol. The van der Waals surface area contributed by atoms with Crippen LogP contribution in [0.4, 0.5) is 5.69 Å². The van der Waals surface area contributed by atoms with E-state index in [2.05, 4.69) is 10.0 Å². The van der Waals surface area contributed by atoms with Gasteiger partial charge in [-0.25, -0.2) is 13.1 Å². The zero-order valence-electron chi connectivity index (χ0n) is 15.0. The molecule has 0 atom stereocenters. The molecule has 0 unspecified atom stereocenters. The summed E-state index contributed by atoms with van der Waals surface area (Å²) in [5, 5.41) is 2.86. The lowest BCUT2D eigenvalue weighted by atomic mass is 10.00. The summed E-state index contributed by atoms with van der Waals surface area (Å²) in [5.74, 6) is -0.117. The van der Waals surface area contributed by atoms with Gasteiger partial charge in [0.25, 0.3) is 5.91 Å². The van der Waals surface area contributed by atoms with Crippen LogP contribution in [0.1, 0.15) is 36.8 Å². The topological polar surface area (TPSA) is 75.3 Å². The van der Waals surface area contributed by atoms with Gasteiger partial charge in [0.2, 0.25) is 10.0 Å². The number of benzene rings is 2. The van der Waals surface area contributed by atoms with Crippen LogP contribution in [0.25, 0.3) is 5.57 Å². The molecule has 0 bridgehead atoms. The minimum atomic E-state index is -3.63. The molecule has 0 aromatic heterocycles. The molecule has 5 nitrogen and oxygen atoms in total. The first-order valence-corrected chi connectivity index (χ1v) is 10.7. The summed E-state index contributed by atoms with van der Waals surface area (Å²) in [7, 11) is -3.63. The third-order valence-electron chi connectivity index (χ3n) is 5.16. The number of carbonyl (C=O) groups is 1. The Balaban J connectivity index is 1.56. The van der Waals surface area contributed by atoms with Crippen molar-refractivity contribution in [3.63, 3.8) is 0 Å². The average Bonchev–Trinajstić information content (AvgIpc) is 3.28. The quantitative estimate of drug-likeness (QED) is 0.778. The van der Waals surface area contributed by atoms with Crippen LogP contribution < -0.4 is 10.0 Å². The molecular formula is C21H22N2O3S. The molecular weight excluding hydrogens is 360 g/mol. The largest absolute Gasteiger partial charge is 0.321 e. The lowest BCUT2D eigenvalue weighted by molar-refractivity contribution is -0.110. The van der Waals surface area contributed by atoms with Crippen LogP contribution >= 0.6 is 0 Å². The summed E-state index contributed by atoms with van der Waals surface area (Å²) in [4.78, 5) is 12.6. The molecule has 27 heavy (non-hydrogen) atoms. The minimum Gasteiger partial charge on any atom is -0.321 e. The fraction of sp³-hybridized carbons (Fsp3) is 0.286. The molecule has 2 N–H and O–H groups in total. The number of fused-ring (bicyclic) bond motifs is 1. The second-order valence-corrected chi connectivity index (χ2v) is 8.75. The smallest absolute Gasteiger partial charge is 0.256 e. The van der Waals surface area contributed by atoms with Gasteiger partial charge in [0.15, 0.2) is 0 Å². The molecule has 0 saturated heterocycles. The molecule has 1 heterocycles. The van der Waals surface area contributed by atoms with E-state index in [1.807, 2.05) is 30.3 Å². The van der Waals surface area contributed by atoms with Crippen LogP contribution in [-0.4, -0.2) is 20.9 Å². The molecule has 4 rings (SSSR count). The predicted octanol–water partition coefficient (Wildman–Crippen LogP) is 3.49. The van der Waals surface area contributed by atoms with Gasteiger partial charge in [-0.2, -0.15) is 0 Å². The van der Waals surface area contributed by atoms with Gasteiger partial charge in [-0.15, -0.1) is 0 Å². The van der Waals surface area contributed by atoms with E-state index in [1.54, 1.807) is 18.2 Å². The van der Waals surface area contributed by atoms with Crippen molar-refractivity contribution in [2.75, 3.05) is 11.9 Å². The molecule has 6 heteroatoms. The summed E-state index contributed by atoms with van der Waals surface area (Å²) in [5.41, 5.74) is 4.29. The molecule has 2 aromatic rings. The number of nitrogens with one attached hydrogen (secondary N) is 2. The van der Waals surface area contributed by atoms with E-state index in [1.165, 1.54) is 0 Å². The van der Waals surface area contributed by atoms with Gasteiger partial charge >= 0.3 is 0 Å². The van der Waals surface area contributed by atoms with E-state index in [-0.39, 0.29) is 10.8 Å². The molecule has 2 aromatic carbocycles. The molecule has 0 radical (unpaired) electrons. The Hall–Kier alpha value is -2.44. The van der Waals surface area contributed by atoms with Crippen LogP contribution in [0.3, 0.4) is 0 Å². The van der Waals surface area contributed by atoms with E-state index in [0.29, 0.717) is 29.8 Å². The molecule has 1 fully saturated rings. The first-order chi connectivity index (χ1) is 13.0. The van der Waals surface area contributed by atoms with E-state index in [4.69, 9.17) is 0 Å². The highest BCUT2D eigenvalue weighted by molar-refractivity contribution is 7.89. The number of carbonyl (C=O) groups excluding carboxylic acids is 1. The maximum absolute atomic E-state index is 12.7. The number of rotatable bonds is 5. The molecule has 1 amide bonds. The summed E-state index contributed by atoms with van der Waals surface area (Å²) >= 11 is 0. The Morgan fingerprint density at radius 3 is 2.48 bits per heavy atom. The minimum absolute atomic E-state index is 0.117. The number of hydrogen-bond donors (Lipinski definition) is 2. The second kappa shape index (κ2) is 7.29. The lowest BCUT2D eigenvalue weighted by Crippen LogP contribution is -2.26. The maximum Gasteiger partial charge on any atom is 0.256 e. The van der Waals surface area contributed by atoms with Gasteiger partial charge < -0.3 is 5.32 Å². The van der Waals surface area contributed by atoms with Crippen LogP contribution in [0, 0.1) is 0 Å². The van der Waals surface area contributed by atoms with Crippen molar-refractivity contribution in [1.82, 2.24) is 4.72 Å². The molecule has 140 valence electrons. The summed E-state index contributed by atoms with van der Waals surface area (Å²) in [6, 6.07) is 14.6. The van der Waals surface area contributed by atoms with Gasteiger partial charge in [-0.1, -0.05) is 35.9 Å². The first kappa shape index (κ1) is 17.9. The summed E-state index contributed by atoms with van der Waals surface area (Å²) < 4.78 is 28.1. The molecule has 1 aliphatic carbocycles. The maximum atomic E-state index is 12.7. The van der Waals surface area contributed by atoms with E-state index >= 15 is 0 Å². The van der Waals surface area contributed by atoms with Crippen molar-refractivity contribution in [3.05, 3.63) is 65.2 Å². The van der Waals surface area contributed by atoms with Gasteiger partial charge in [0.05, 0.1) is 4.90 Å². The van der Waals surface area contributed by atoms with E-state index in [0.717, 1.165) is 36.8 Å². The van der Waals surface area contributed by atoms with Crippen LogP contribution in [0.2, 0.25) is 0 Å². The average molecular weight is 382 g/mol. The third-order valence-corrected chi connectivity index (χ3v) is 6.61. The highest BCUT2D eigenvalue weighted by atomic mass is 32.2. The van der Waals surface area contributed by atoms with Crippen LogP contribution in [0.15, 0.2) is 59.0 Å². The molecule has 1 aliphatic heterocycles. The van der Waals surface area contributed by atoms with E-state index < -0.39 is 10.0 Å². The van der Waals surface area contributed by atoms with Crippen molar-refractivity contribution >= 4 is 27.2 Å². The number of amides is 1. The van der Waals surface area contributed by atoms with Crippen LogP contribution in [-0.2, 0) is 21.2 Å². The number of hydrogen-bond acceptors (Lipinski definition) is 3. The Morgan fingerprint density at radius 2 is 1.74 bits per heavy atom. The van der Waals surface area contributed by atoms with Crippen molar-refractivity contribution in [2.24, 2.45) is 0 Å². The highest BCUT2D eigenvalue weighted by Crippen LogP contribution is 2.40. The third kappa shape index (κ3) is 3.68. The van der Waals surface area contributed by atoms with Crippen molar-refractivity contribution in [3.8, 4) is 0 Å². The normalized spacial score (nSPS) is 16.5. The Kier molecular flexibility index (Phi) is 4.85. The zero-order valence-corrected chi connectivity index (χ0v) is 15.8. The Morgan fingerprint density at radius 1 is 1.00 bits per heavy atom. The van der Waals surface area contributed by atoms with Gasteiger partial charge in [-0.05, 0) is 55.9 Å². The Bertz CT molecular complexity index is 1000. The van der Waals surface area contributed by atoms with E-state index in [9.17, 15) is 13.2 Å². The summed E-state index contributed by atoms with van der Waals surface area (Å²) in [6.45, 7) is 0.328. The van der Waals surface area contributed by atoms with Gasteiger partial charge in [-0.3, -0.25) is 4.79 Å². The zero-order chi connectivity index (χ0) is 18.9. The fourth-order valence-electron chi connectivity index (χ4n) is 3.77. The fourth-order valence-corrected chi connectivity index (χ4v) is 4.83. The number of sulfonamides is 1. The standard InChI is InChI=1S/C21H22N2O3S/c24-21-20(16-8-4-5-9-16)18-14-17(10-11-19(18)23-21)27(25,26)22-13-12-15-6-2-1-3-7-15/h1-3,6-7,10-11,14,22H,4-5,8-9,12-13H2,(H,23,24). The SMILES string of the molecule is O=C1Nc2ccc(S(=O)(=O)NCCc3ccccc3)cc2C1=C1CCCC1. The van der Waals surface area contributed by atoms with Crippen molar-refractivity contribution in [2.45, 2.75) is 37.0 Å². The highest BCUT2D eigenvalue weighted by Gasteiger charge is 2.30. The lowest BCUT2D eigenvalue weighted by Gasteiger charge is -2.09. The first-order valence-electron chi connectivity index (χ1n) is 9.26. The number of allylic oxidation sites excluding steroid dienone is 1. The second-order valence-electron chi connectivity index (χ2n) is 6.98. The van der Waals surface area contributed by atoms with Crippen molar-refractivity contribution < 1.29 is 13.2 Å². The number of anilines is 1. The monoisotopic (exact) mass is 382 g/mol. The molecule has 2 aliphatic rings. The van der Waals surface area contributed by atoms with Crippen molar-refractivity contribution in [1.29, 1.82) is 0 Å². The van der Waals surface area contributed by atoms with Gasteiger partial charge in [0, 0.05) is 23.4 Å². The van der Waals surface area contributed by atoms with Crippen LogP contribution in [0.5, 0.6) is 0 Å². The summed E-state index contributed by atoms with van der Waals surface area (Å²) in [6.07, 6.45) is 4.62. The Labute approximate surface area is 159 Å². The molecule has 0 spiro atoms. The molecule has 1 saturated carbocycles.